The van der Waals surface area contributed by atoms with E-state index in [9.17, 15) is 4.79 Å². The molecule has 1 fully saturated rings. The first-order valence-corrected chi connectivity index (χ1v) is 5.96. The monoisotopic (exact) mass is 218 g/mol. The van der Waals surface area contributed by atoms with E-state index in [1.165, 1.54) is 6.42 Å². The predicted octanol–water partition coefficient (Wildman–Crippen LogP) is 3.00. The third-order valence-electron chi connectivity index (χ3n) is 3.39. The lowest BCUT2D eigenvalue weighted by atomic mass is 9.80. The van der Waals surface area contributed by atoms with Gasteiger partial charge >= 0.3 is 0 Å². The second kappa shape index (κ2) is 5.15. The molecule has 0 N–H and O–H groups in total. The molecule has 0 bridgehead atoms. The normalized spacial score (nSPS) is 15.6. The molecule has 0 amide bonds. The van der Waals surface area contributed by atoms with Crippen LogP contribution in [-0.2, 0) is 11.2 Å². The Balaban J connectivity index is 1.90. The van der Waals surface area contributed by atoms with Crippen molar-refractivity contribution < 1.29 is 9.53 Å². The molecule has 16 heavy (non-hydrogen) atoms. The average Bonchev–Trinajstić information content (AvgIpc) is 2.24. The van der Waals surface area contributed by atoms with E-state index in [1.54, 1.807) is 7.11 Å². The lowest BCUT2D eigenvalue weighted by Gasteiger charge is -2.23. The minimum Gasteiger partial charge on any atom is -0.496 e. The first-order valence-electron chi connectivity index (χ1n) is 5.96. The molecule has 1 aromatic carbocycles. The van der Waals surface area contributed by atoms with E-state index in [2.05, 4.69) is 0 Å². The first kappa shape index (κ1) is 11.2. The fourth-order valence-corrected chi connectivity index (χ4v) is 2.10. The van der Waals surface area contributed by atoms with Crippen LogP contribution in [0.25, 0.3) is 0 Å². The maximum Gasteiger partial charge on any atom is 0.136 e. The minimum atomic E-state index is 0.356. The smallest absolute Gasteiger partial charge is 0.136 e. The number of para-hydroxylation sites is 1. The average molecular weight is 218 g/mol. The molecule has 0 aliphatic heterocycles. The maximum atomic E-state index is 11.8. The molecule has 0 unspecified atom stereocenters. The van der Waals surface area contributed by atoms with Gasteiger partial charge in [-0.05, 0) is 30.9 Å². The number of rotatable bonds is 5. The van der Waals surface area contributed by atoms with Gasteiger partial charge in [-0.3, -0.25) is 4.79 Å². The van der Waals surface area contributed by atoms with Crippen molar-refractivity contribution >= 4 is 5.78 Å². The van der Waals surface area contributed by atoms with Crippen molar-refractivity contribution in [2.24, 2.45) is 5.92 Å². The van der Waals surface area contributed by atoms with E-state index in [0.29, 0.717) is 18.1 Å². The number of hydrogen-bond donors (Lipinski definition) is 0. The van der Waals surface area contributed by atoms with Crippen LogP contribution in [-0.4, -0.2) is 12.9 Å². The van der Waals surface area contributed by atoms with E-state index in [1.807, 2.05) is 24.3 Å². The van der Waals surface area contributed by atoms with Crippen molar-refractivity contribution in [1.29, 1.82) is 0 Å². The zero-order chi connectivity index (χ0) is 11.4. The third-order valence-corrected chi connectivity index (χ3v) is 3.39. The minimum absolute atomic E-state index is 0.356. The Morgan fingerprint density at radius 2 is 2.12 bits per heavy atom. The molecule has 1 aliphatic rings. The van der Waals surface area contributed by atoms with Crippen molar-refractivity contribution in [3.05, 3.63) is 29.8 Å². The number of methoxy groups -OCH3 is 1. The highest BCUT2D eigenvalue weighted by molar-refractivity contribution is 5.82. The van der Waals surface area contributed by atoms with Crippen molar-refractivity contribution in [3.63, 3.8) is 0 Å². The summed E-state index contributed by atoms with van der Waals surface area (Å²) in [5, 5.41) is 0. The van der Waals surface area contributed by atoms with Crippen molar-refractivity contribution in [1.82, 2.24) is 0 Å². The highest BCUT2D eigenvalue weighted by Gasteiger charge is 2.24. The van der Waals surface area contributed by atoms with E-state index in [-0.39, 0.29) is 0 Å². The SMILES string of the molecule is COc1ccccc1CCC(=O)C1CCC1. The van der Waals surface area contributed by atoms with Crippen LogP contribution in [0, 0.1) is 5.92 Å². The quantitative estimate of drug-likeness (QED) is 0.759. The molecule has 1 aliphatic carbocycles. The van der Waals surface area contributed by atoms with Gasteiger partial charge in [0.1, 0.15) is 11.5 Å². The van der Waals surface area contributed by atoms with E-state index in [4.69, 9.17) is 4.74 Å². The topological polar surface area (TPSA) is 26.3 Å². The summed E-state index contributed by atoms with van der Waals surface area (Å²) in [7, 11) is 1.67. The van der Waals surface area contributed by atoms with E-state index in [0.717, 1.165) is 30.6 Å². The number of aryl methyl sites for hydroxylation is 1. The molecule has 0 radical (unpaired) electrons. The molecule has 2 heteroatoms. The second-order valence-electron chi connectivity index (χ2n) is 4.41. The zero-order valence-corrected chi connectivity index (χ0v) is 9.74. The molecule has 1 aromatic rings. The third kappa shape index (κ3) is 2.43. The summed E-state index contributed by atoms with van der Waals surface area (Å²) in [5.74, 6) is 1.68. The van der Waals surface area contributed by atoms with Gasteiger partial charge in [-0.25, -0.2) is 0 Å². The summed E-state index contributed by atoms with van der Waals surface area (Å²) < 4.78 is 5.27. The molecule has 0 aromatic heterocycles. The van der Waals surface area contributed by atoms with Gasteiger partial charge < -0.3 is 4.74 Å². The molecule has 0 spiro atoms. The number of carbonyl (C=O) groups is 1. The second-order valence-corrected chi connectivity index (χ2v) is 4.41. The van der Waals surface area contributed by atoms with Crippen LogP contribution in [0.15, 0.2) is 24.3 Å². The molecule has 2 rings (SSSR count). The Bertz CT molecular complexity index is 367. The van der Waals surface area contributed by atoms with Crippen molar-refractivity contribution in [2.45, 2.75) is 32.1 Å². The van der Waals surface area contributed by atoms with Gasteiger partial charge in [-0.1, -0.05) is 24.6 Å². The molecule has 0 atom stereocenters. The van der Waals surface area contributed by atoms with Crippen LogP contribution < -0.4 is 4.74 Å². The summed E-state index contributed by atoms with van der Waals surface area (Å²) in [4.78, 5) is 11.8. The number of Topliss-reactive ketones (excluding diaryl/α,β-unsaturated/α-hetero) is 1. The molecular formula is C14H18O2. The summed E-state index contributed by atoms with van der Waals surface area (Å²) >= 11 is 0. The van der Waals surface area contributed by atoms with Crippen molar-refractivity contribution in [2.75, 3.05) is 7.11 Å². The van der Waals surface area contributed by atoms with Crippen molar-refractivity contribution in [3.8, 4) is 5.75 Å². The van der Waals surface area contributed by atoms with Gasteiger partial charge in [0, 0.05) is 12.3 Å². The number of ether oxygens (including phenoxy) is 1. The Hall–Kier alpha value is -1.31. The molecule has 0 saturated heterocycles. The summed E-state index contributed by atoms with van der Waals surface area (Å²) in [5.41, 5.74) is 1.14. The van der Waals surface area contributed by atoms with Crippen LogP contribution in [0.2, 0.25) is 0 Å². The summed E-state index contributed by atoms with van der Waals surface area (Å²) in [6, 6.07) is 7.93. The zero-order valence-electron chi connectivity index (χ0n) is 9.74. The lowest BCUT2D eigenvalue weighted by Crippen LogP contribution is -2.22. The Morgan fingerprint density at radius 1 is 1.38 bits per heavy atom. The maximum absolute atomic E-state index is 11.8. The predicted molar refractivity (Wildman–Crippen MR) is 63.7 cm³/mol. The fourth-order valence-electron chi connectivity index (χ4n) is 2.10. The Kier molecular flexibility index (Phi) is 3.60. The molecule has 0 heterocycles. The van der Waals surface area contributed by atoms with Gasteiger partial charge in [0.15, 0.2) is 0 Å². The summed E-state index contributed by atoms with van der Waals surface area (Å²) in [6.45, 7) is 0. The Morgan fingerprint density at radius 3 is 2.75 bits per heavy atom. The fraction of sp³-hybridized carbons (Fsp3) is 0.500. The van der Waals surface area contributed by atoms with Gasteiger partial charge in [0.2, 0.25) is 0 Å². The first-order chi connectivity index (χ1) is 7.81. The van der Waals surface area contributed by atoms with Gasteiger partial charge in [0.05, 0.1) is 7.11 Å². The van der Waals surface area contributed by atoms with Crippen LogP contribution in [0.3, 0.4) is 0 Å². The molecule has 86 valence electrons. The lowest BCUT2D eigenvalue weighted by molar-refractivity contribution is -0.125. The van der Waals surface area contributed by atoms with E-state index < -0.39 is 0 Å². The summed E-state index contributed by atoms with van der Waals surface area (Å²) in [6.07, 6.45) is 4.89. The van der Waals surface area contributed by atoms with Gasteiger partial charge in [-0.2, -0.15) is 0 Å². The van der Waals surface area contributed by atoms with E-state index >= 15 is 0 Å². The highest BCUT2D eigenvalue weighted by atomic mass is 16.5. The standard InChI is InChI=1S/C14H18O2/c1-16-14-8-3-2-5-12(14)9-10-13(15)11-6-4-7-11/h2-3,5,8,11H,4,6-7,9-10H2,1H3. The Labute approximate surface area is 96.6 Å². The largest absolute Gasteiger partial charge is 0.496 e. The number of benzene rings is 1. The number of ketones is 1. The van der Waals surface area contributed by atoms with Crippen LogP contribution in [0.4, 0.5) is 0 Å². The molecular weight excluding hydrogens is 200 g/mol. The van der Waals surface area contributed by atoms with Crippen LogP contribution in [0.5, 0.6) is 5.75 Å². The van der Waals surface area contributed by atoms with Gasteiger partial charge in [0.25, 0.3) is 0 Å². The molecule has 2 nitrogen and oxygen atoms in total. The van der Waals surface area contributed by atoms with Crippen LogP contribution in [0.1, 0.15) is 31.2 Å². The van der Waals surface area contributed by atoms with Gasteiger partial charge in [-0.15, -0.1) is 0 Å². The highest BCUT2D eigenvalue weighted by Crippen LogP contribution is 2.29. The number of carbonyl (C=O) groups excluding carboxylic acids is 1. The van der Waals surface area contributed by atoms with Crippen LogP contribution >= 0.6 is 0 Å². The number of hydrogen-bond acceptors (Lipinski definition) is 2. The molecule has 1 saturated carbocycles.